The van der Waals surface area contributed by atoms with Crippen molar-refractivity contribution in [1.29, 1.82) is 0 Å². The molecule has 0 saturated heterocycles. The summed E-state index contributed by atoms with van der Waals surface area (Å²) in [6.07, 6.45) is 8.41. The van der Waals surface area contributed by atoms with Crippen molar-refractivity contribution < 1.29 is 0 Å². The average Bonchev–Trinajstić information content (AvgIpc) is 3.09. The molecular formula is C12H10N6. The van der Waals surface area contributed by atoms with Gasteiger partial charge in [0.25, 0.3) is 0 Å². The highest BCUT2D eigenvalue weighted by atomic mass is 15.4. The van der Waals surface area contributed by atoms with Crippen molar-refractivity contribution in [2.75, 3.05) is 0 Å². The van der Waals surface area contributed by atoms with E-state index in [9.17, 15) is 0 Å². The number of aromatic nitrogens is 5. The Hall–Kier alpha value is -2.76. The highest BCUT2D eigenvalue weighted by molar-refractivity contribution is 5.78. The molecular weight excluding hydrogens is 228 g/mol. The highest BCUT2D eigenvalue weighted by Crippen LogP contribution is 2.06. The molecule has 0 aliphatic heterocycles. The van der Waals surface area contributed by atoms with Crippen LogP contribution in [0.15, 0.2) is 60.5 Å². The number of hydrogen-bond acceptors (Lipinski definition) is 4. The molecule has 88 valence electrons. The molecule has 3 aromatic rings. The van der Waals surface area contributed by atoms with E-state index in [1.807, 2.05) is 36.5 Å². The van der Waals surface area contributed by atoms with Gasteiger partial charge in [-0.2, -0.15) is 10.2 Å². The zero-order valence-corrected chi connectivity index (χ0v) is 9.46. The standard InChI is InChI=1S/C12H10N6/c1-2-4-12(5-3-1)18-8-11(7-16-18)6-15-17-9-13-14-10-17/h1-10H/b15-6-. The Balaban J connectivity index is 1.82. The molecule has 18 heavy (non-hydrogen) atoms. The number of hydrogen-bond donors (Lipinski definition) is 0. The van der Waals surface area contributed by atoms with Crippen LogP contribution in [0.5, 0.6) is 0 Å². The molecule has 3 rings (SSSR count). The van der Waals surface area contributed by atoms with Crippen molar-refractivity contribution >= 4 is 6.21 Å². The van der Waals surface area contributed by atoms with Gasteiger partial charge >= 0.3 is 0 Å². The summed E-state index contributed by atoms with van der Waals surface area (Å²) in [5.74, 6) is 0. The second-order valence-electron chi connectivity index (χ2n) is 3.64. The Kier molecular flexibility index (Phi) is 2.67. The van der Waals surface area contributed by atoms with Crippen LogP contribution >= 0.6 is 0 Å². The van der Waals surface area contributed by atoms with Gasteiger partial charge in [-0.25, -0.2) is 9.36 Å². The van der Waals surface area contributed by atoms with Crippen LogP contribution in [0.3, 0.4) is 0 Å². The van der Waals surface area contributed by atoms with E-state index >= 15 is 0 Å². The van der Waals surface area contributed by atoms with Gasteiger partial charge in [0.2, 0.25) is 0 Å². The van der Waals surface area contributed by atoms with E-state index in [2.05, 4.69) is 20.4 Å². The zero-order chi connectivity index (χ0) is 12.2. The summed E-state index contributed by atoms with van der Waals surface area (Å²) in [4.78, 5) is 0. The Morgan fingerprint density at radius 2 is 1.83 bits per heavy atom. The molecule has 2 aromatic heterocycles. The first-order valence-electron chi connectivity index (χ1n) is 5.41. The molecule has 1 aromatic carbocycles. The normalized spacial score (nSPS) is 11.1. The molecule has 2 heterocycles. The SMILES string of the molecule is C(=N/n1cnnc1)/c1cnn(-c2ccccc2)c1. The van der Waals surface area contributed by atoms with Crippen molar-refractivity contribution in [1.82, 2.24) is 24.7 Å². The van der Waals surface area contributed by atoms with Gasteiger partial charge in [0.15, 0.2) is 0 Å². The molecule has 0 fully saturated rings. The molecule has 0 atom stereocenters. The van der Waals surface area contributed by atoms with Crippen LogP contribution in [0.1, 0.15) is 5.56 Å². The lowest BCUT2D eigenvalue weighted by Crippen LogP contribution is -1.92. The van der Waals surface area contributed by atoms with Gasteiger partial charge in [-0.3, -0.25) is 0 Å². The summed E-state index contributed by atoms with van der Waals surface area (Å²) in [6, 6.07) is 9.91. The van der Waals surface area contributed by atoms with Crippen molar-refractivity contribution in [2.45, 2.75) is 0 Å². The fraction of sp³-hybridized carbons (Fsp3) is 0. The maximum Gasteiger partial charge on any atom is 0.141 e. The molecule has 0 aliphatic rings. The average molecular weight is 238 g/mol. The molecule has 6 nitrogen and oxygen atoms in total. The quantitative estimate of drug-likeness (QED) is 0.647. The van der Waals surface area contributed by atoms with Crippen LogP contribution in [0.4, 0.5) is 0 Å². The van der Waals surface area contributed by atoms with E-state index in [4.69, 9.17) is 0 Å². The second-order valence-corrected chi connectivity index (χ2v) is 3.64. The van der Waals surface area contributed by atoms with Gasteiger partial charge < -0.3 is 0 Å². The van der Waals surface area contributed by atoms with Gasteiger partial charge in [0.1, 0.15) is 12.7 Å². The van der Waals surface area contributed by atoms with Gasteiger partial charge in [0.05, 0.1) is 18.1 Å². The molecule has 0 unspecified atom stereocenters. The van der Waals surface area contributed by atoms with Crippen LogP contribution in [-0.4, -0.2) is 30.9 Å². The van der Waals surface area contributed by atoms with Crippen LogP contribution in [0, 0.1) is 0 Å². The van der Waals surface area contributed by atoms with Crippen molar-refractivity contribution in [3.05, 3.63) is 60.9 Å². The summed E-state index contributed by atoms with van der Waals surface area (Å²) >= 11 is 0. The Labute approximate surface area is 103 Å². The maximum absolute atomic E-state index is 4.27. The summed E-state index contributed by atoms with van der Waals surface area (Å²) in [5, 5.41) is 15.8. The lowest BCUT2D eigenvalue weighted by molar-refractivity contribution is 0.877. The minimum atomic E-state index is 0.910. The summed E-state index contributed by atoms with van der Waals surface area (Å²) in [7, 11) is 0. The maximum atomic E-state index is 4.27. The van der Waals surface area contributed by atoms with Crippen LogP contribution in [0.2, 0.25) is 0 Å². The molecule has 0 saturated carbocycles. The largest absolute Gasteiger partial charge is 0.240 e. The minimum Gasteiger partial charge on any atom is -0.240 e. The second kappa shape index (κ2) is 4.62. The molecule has 0 radical (unpaired) electrons. The predicted molar refractivity (Wildman–Crippen MR) is 66.6 cm³/mol. The smallest absolute Gasteiger partial charge is 0.141 e. The van der Waals surface area contributed by atoms with Crippen LogP contribution in [0.25, 0.3) is 5.69 Å². The summed E-state index contributed by atoms with van der Waals surface area (Å²) in [5.41, 5.74) is 1.93. The molecule has 0 amide bonds. The van der Waals surface area contributed by atoms with E-state index in [0.717, 1.165) is 11.3 Å². The Morgan fingerprint density at radius 3 is 2.61 bits per heavy atom. The van der Waals surface area contributed by atoms with E-state index in [0.29, 0.717) is 0 Å². The fourth-order valence-corrected chi connectivity index (χ4v) is 1.51. The third-order valence-corrected chi connectivity index (χ3v) is 2.37. The van der Waals surface area contributed by atoms with E-state index in [-0.39, 0.29) is 0 Å². The fourth-order valence-electron chi connectivity index (χ4n) is 1.51. The van der Waals surface area contributed by atoms with Crippen LogP contribution < -0.4 is 0 Å². The molecule has 0 spiro atoms. The molecule has 0 aliphatic carbocycles. The van der Waals surface area contributed by atoms with Gasteiger partial charge in [-0.1, -0.05) is 18.2 Å². The van der Waals surface area contributed by atoms with Crippen molar-refractivity contribution in [3.8, 4) is 5.69 Å². The van der Waals surface area contributed by atoms with Gasteiger partial charge in [0, 0.05) is 11.8 Å². The Bertz CT molecular complexity index is 638. The van der Waals surface area contributed by atoms with Gasteiger partial charge in [-0.05, 0) is 12.1 Å². The van der Waals surface area contributed by atoms with E-state index < -0.39 is 0 Å². The van der Waals surface area contributed by atoms with Crippen LogP contribution in [-0.2, 0) is 0 Å². The lowest BCUT2D eigenvalue weighted by atomic mass is 10.3. The number of benzene rings is 1. The third kappa shape index (κ3) is 2.17. The summed E-state index contributed by atoms with van der Waals surface area (Å²) < 4.78 is 3.33. The Morgan fingerprint density at radius 1 is 1.06 bits per heavy atom. The van der Waals surface area contributed by atoms with Crippen molar-refractivity contribution in [2.24, 2.45) is 5.10 Å². The lowest BCUT2D eigenvalue weighted by Gasteiger charge is -1.98. The topological polar surface area (TPSA) is 60.9 Å². The third-order valence-electron chi connectivity index (χ3n) is 2.37. The monoisotopic (exact) mass is 238 g/mol. The molecule has 6 heteroatoms. The predicted octanol–water partition coefficient (Wildman–Crippen LogP) is 1.35. The van der Waals surface area contributed by atoms with Gasteiger partial charge in [-0.15, -0.1) is 10.2 Å². The number of rotatable bonds is 3. The van der Waals surface area contributed by atoms with E-state index in [1.165, 1.54) is 17.3 Å². The summed E-state index contributed by atoms with van der Waals surface area (Å²) in [6.45, 7) is 0. The first kappa shape index (κ1) is 10.4. The first-order chi connectivity index (χ1) is 8.92. The molecule has 0 N–H and O–H groups in total. The zero-order valence-electron chi connectivity index (χ0n) is 9.46. The first-order valence-corrected chi connectivity index (χ1v) is 5.41. The number of para-hydroxylation sites is 1. The molecule has 0 bridgehead atoms. The minimum absolute atomic E-state index is 0.910. The number of nitrogens with zero attached hydrogens (tertiary/aromatic N) is 6. The van der Waals surface area contributed by atoms with E-state index in [1.54, 1.807) is 17.1 Å². The highest BCUT2D eigenvalue weighted by Gasteiger charge is 1.97. The van der Waals surface area contributed by atoms with Crippen molar-refractivity contribution in [3.63, 3.8) is 0 Å².